The summed E-state index contributed by atoms with van der Waals surface area (Å²) in [6.45, 7) is 4.26. The van der Waals surface area contributed by atoms with Gasteiger partial charge in [-0.15, -0.1) is 11.3 Å². The highest BCUT2D eigenvalue weighted by Gasteiger charge is 2.12. The van der Waals surface area contributed by atoms with Gasteiger partial charge >= 0.3 is 0 Å². The lowest BCUT2D eigenvalue weighted by molar-refractivity contribution is 0.870. The maximum absolute atomic E-state index is 4.49. The van der Waals surface area contributed by atoms with Crippen molar-refractivity contribution >= 4 is 44.0 Å². The number of nitrogens with one attached hydrogen (secondary N) is 1. The van der Waals surface area contributed by atoms with Crippen LogP contribution in [0.25, 0.3) is 11.0 Å². The van der Waals surface area contributed by atoms with E-state index >= 15 is 0 Å². The second-order valence-electron chi connectivity index (χ2n) is 4.76. The van der Waals surface area contributed by atoms with Crippen LogP contribution < -0.4 is 5.32 Å². The van der Waals surface area contributed by atoms with Gasteiger partial charge < -0.3 is 5.32 Å². The summed E-state index contributed by atoms with van der Waals surface area (Å²) in [7, 11) is 0. The average Bonchev–Trinajstić information content (AvgIpc) is 2.96. The molecule has 0 saturated carbocycles. The Morgan fingerprint density at radius 3 is 2.90 bits per heavy atom. The smallest absolute Gasteiger partial charge is 0.115 e. The molecule has 3 aromatic heterocycles. The number of aromatic nitrogens is 3. The molecule has 1 unspecified atom stereocenters. The number of hydrogen-bond donors (Lipinski definition) is 1. The van der Waals surface area contributed by atoms with Crippen LogP contribution in [0.3, 0.4) is 0 Å². The summed E-state index contributed by atoms with van der Waals surface area (Å²) in [4.78, 5) is 14.6. The van der Waals surface area contributed by atoms with Crippen molar-refractivity contribution in [1.29, 1.82) is 0 Å². The van der Waals surface area contributed by atoms with Crippen molar-refractivity contribution in [3.8, 4) is 0 Å². The lowest BCUT2D eigenvalue weighted by Crippen LogP contribution is -2.07. The Kier molecular flexibility index (Phi) is 4.17. The minimum Gasteiger partial charge on any atom is -0.374 e. The lowest BCUT2D eigenvalue weighted by Gasteiger charge is -2.14. The zero-order chi connectivity index (χ0) is 14.8. The van der Waals surface area contributed by atoms with Crippen LogP contribution in [0.15, 0.2) is 35.2 Å². The number of rotatable bonds is 4. The first-order valence-corrected chi connectivity index (χ1v) is 8.39. The number of aryl methyl sites for hydroxylation is 1. The first-order chi connectivity index (χ1) is 10.2. The zero-order valence-corrected chi connectivity index (χ0v) is 14.2. The molecule has 21 heavy (non-hydrogen) atoms. The van der Waals surface area contributed by atoms with E-state index in [0.717, 1.165) is 32.6 Å². The maximum atomic E-state index is 4.49. The number of halogens is 1. The third-order valence-corrected chi connectivity index (χ3v) is 4.96. The van der Waals surface area contributed by atoms with Crippen LogP contribution in [0.5, 0.6) is 0 Å². The predicted molar refractivity (Wildman–Crippen MR) is 90.8 cm³/mol. The van der Waals surface area contributed by atoms with Crippen LogP contribution in [-0.4, -0.2) is 15.0 Å². The maximum Gasteiger partial charge on any atom is 0.115 e. The average molecular weight is 363 g/mol. The molecule has 0 bridgehead atoms. The molecule has 3 rings (SSSR count). The molecule has 0 aliphatic rings. The van der Waals surface area contributed by atoms with E-state index in [1.54, 1.807) is 23.7 Å². The van der Waals surface area contributed by atoms with Gasteiger partial charge in [-0.1, -0.05) is 6.92 Å². The molecule has 3 heterocycles. The monoisotopic (exact) mass is 362 g/mol. The molecule has 6 heteroatoms. The quantitative estimate of drug-likeness (QED) is 0.737. The summed E-state index contributed by atoms with van der Waals surface area (Å²) in [5.41, 5.74) is 2.73. The highest BCUT2D eigenvalue weighted by molar-refractivity contribution is 9.10. The molecule has 0 amide bonds. The SMILES string of the molecule is CCc1cnc(C(C)Nc2ccnc3cc(Br)cnc23)s1. The number of pyridine rings is 2. The fourth-order valence-electron chi connectivity index (χ4n) is 2.10. The van der Waals surface area contributed by atoms with E-state index in [2.05, 4.69) is 50.0 Å². The summed E-state index contributed by atoms with van der Waals surface area (Å²) < 4.78 is 0.931. The molecular formula is C15H15BrN4S. The van der Waals surface area contributed by atoms with Crippen LogP contribution in [0.4, 0.5) is 5.69 Å². The van der Waals surface area contributed by atoms with E-state index in [4.69, 9.17) is 0 Å². The van der Waals surface area contributed by atoms with Crippen LogP contribution in [0, 0.1) is 0 Å². The van der Waals surface area contributed by atoms with Crippen LogP contribution in [0.2, 0.25) is 0 Å². The van der Waals surface area contributed by atoms with Crippen LogP contribution >= 0.6 is 27.3 Å². The second-order valence-corrected chi connectivity index (χ2v) is 6.83. The van der Waals surface area contributed by atoms with Crippen molar-refractivity contribution in [2.24, 2.45) is 0 Å². The van der Waals surface area contributed by atoms with E-state index in [1.807, 2.05) is 18.3 Å². The first-order valence-electron chi connectivity index (χ1n) is 6.78. The van der Waals surface area contributed by atoms with Gasteiger partial charge in [0.05, 0.1) is 17.2 Å². The molecule has 0 aliphatic carbocycles. The Morgan fingerprint density at radius 2 is 2.14 bits per heavy atom. The Hall–Kier alpha value is -1.53. The number of hydrogen-bond acceptors (Lipinski definition) is 5. The van der Waals surface area contributed by atoms with Crippen molar-refractivity contribution in [3.63, 3.8) is 0 Å². The van der Waals surface area contributed by atoms with Crippen molar-refractivity contribution < 1.29 is 0 Å². The van der Waals surface area contributed by atoms with Gasteiger partial charge in [0.1, 0.15) is 10.5 Å². The minimum absolute atomic E-state index is 0.145. The lowest BCUT2D eigenvalue weighted by atomic mass is 10.2. The summed E-state index contributed by atoms with van der Waals surface area (Å²) in [6.07, 6.45) is 6.57. The van der Waals surface area contributed by atoms with Gasteiger partial charge in [-0.3, -0.25) is 9.97 Å². The molecule has 0 fully saturated rings. The molecule has 108 valence electrons. The van der Waals surface area contributed by atoms with Crippen LogP contribution in [0.1, 0.15) is 29.8 Å². The van der Waals surface area contributed by atoms with E-state index in [-0.39, 0.29) is 6.04 Å². The van der Waals surface area contributed by atoms with Gasteiger partial charge in [-0.25, -0.2) is 4.98 Å². The molecule has 0 aliphatic heterocycles. The number of nitrogens with zero attached hydrogens (tertiary/aromatic N) is 3. The van der Waals surface area contributed by atoms with Crippen LogP contribution in [-0.2, 0) is 6.42 Å². The Bertz CT molecular complexity index is 771. The van der Waals surface area contributed by atoms with E-state index in [9.17, 15) is 0 Å². The summed E-state index contributed by atoms with van der Waals surface area (Å²) in [6, 6.07) is 4.07. The second kappa shape index (κ2) is 6.07. The normalized spacial score (nSPS) is 12.5. The standard InChI is InChI=1S/C15H15BrN4S/c1-3-11-8-19-15(21-11)9(2)20-12-4-5-17-13-6-10(16)7-18-14(12)13/h4-9H,3H2,1-2H3,(H,17,20). The zero-order valence-electron chi connectivity index (χ0n) is 11.8. The van der Waals surface area contributed by atoms with Gasteiger partial charge in [-0.2, -0.15) is 0 Å². The van der Waals surface area contributed by atoms with Gasteiger partial charge in [0.25, 0.3) is 0 Å². The van der Waals surface area contributed by atoms with Gasteiger partial charge in [-0.05, 0) is 41.4 Å². The van der Waals surface area contributed by atoms with Gasteiger partial charge in [0.2, 0.25) is 0 Å². The molecule has 0 spiro atoms. The molecule has 3 aromatic rings. The molecule has 0 radical (unpaired) electrons. The van der Waals surface area contributed by atoms with Gasteiger partial charge in [0.15, 0.2) is 0 Å². The fourth-order valence-corrected chi connectivity index (χ4v) is 3.28. The van der Waals surface area contributed by atoms with Gasteiger partial charge in [0, 0.05) is 27.9 Å². The van der Waals surface area contributed by atoms with E-state index in [0.29, 0.717) is 0 Å². The Labute approximate surface area is 135 Å². The summed E-state index contributed by atoms with van der Waals surface area (Å²) in [5.74, 6) is 0. The van der Waals surface area contributed by atoms with E-state index in [1.165, 1.54) is 4.88 Å². The van der Waals surface area contributed by atoms with Crippen molar-refractivity contribution in [1.82, 2.24) is 15.0 Å². The number of anilines is 1. The number of thiazole rings is 1. The molecule has 1 N–H and O–H groups in total. The largest absolute Gasteiger partial charge is 0.374 e. The highest BCUT2D eigenvalue weighted by atomic mass is 79.9. The van der Waals surface area contributed by atoms with Crippen molar-refractivity contribution in [2.75, 3.05) is 5.32 Å². The molecule has 0 saturated heterocycles. The molecule has 1 atom stereocenters. The molecular weight excluding hydrogens is 348 g/mol. The molecule has 0 aromatic carbocycles. The number of fused-ring (bicyclic) bond motifs is 1. The third-order valence-electron chi connectivity index (χ3n) is 3.21. The van der Waals surface area contributed by atoms with E-state index < -0.39 is 0 Å². The topological polar surface area (TPSA) is 50.7 Å². The highest BCUT2D eigenvalue weighted by Crippen LogP contribution is 2.27. The first kappa shape index (κ1) is 14.4. The Balaban J connectivity index is 1.90. The minimum atomic E-state index is 0.145. The third kappa shape index (κ3) is 3.06. The van der Waals surface area contributed by atoms with Crippen molar-refractivity contribution in [3.05, 3.63) is 45.1 Å². The van der Waals surface area contributed by atoms with Crippen molar-refractivity contribution in [2.45, 2.75) is 26.3 Å². The Morgan fingerprint density at radius 1 is 1.29 bits per heavy atom. The summed E-state index contributed by atoms with van der Waals surface area (Å²) in [5, 5.41) is 4.58. The fraction of sp³-hybridized carbons (Fsp3) is 0.267. The molecule has 4 nitrogen and oxygen atoms in total. The summed E-state index contributed by atoms with van der Waals surface area (Å²) >= 11 is 5.17. The predicted octanol–water partition coefficient (Wildman–Crippen LogP) is 4.58.